The third kappa shape index (κ3) is 2.23. The maximum absolute atomic E-state index is 4.94. The standard InChI is InChI=1S/C12H21N3S/c1-4-8-15(9-5-1)14-11-13-12(10-16-11)6-2-3-7-12/h1-10H2,(H,13,14). The topological polar surface area (TPSA) is 27.6 Å². The highest BCUT2D eigenvalue weighted by Crippen LogP contribution is 2.40. The highest BCUT2D eigenvalue weighted by molar-refractivity contribution is 8.14. The number of piperidine rings is 1. The Bertz CT molecular complexity index is 278. The van der Waals surface area contributed by atoms with Crippen LogP contribution >= 0.6 is 11.8 Å². The molecule has 0 unspecified atom stereocenters. The van der Waals surface area contributed by atoms with Crippen LogP contribution in [0.1, 0.15) is 44.9 Å². The van der Waals surface area contributed by atoms with E-state index in [9.17, 15) is 0 Å². The summed E-state index contributed by atoms with van der Waals surface area (Å²) < 4.78 is 0. The van der Waals surface area contributed by atoms with Crippen LogP contribution in [0.5, 0.6) is 0 Å². The minimum Gasteiger partial charge on any atom is -0.298 e. The number of nitrogens with zero attached hydrogens (tertiary/aromatic N) is 2. The third-order valence-corrected chi connectivity index (χ3v) is 5.10. The summed E-state index contributed by atoms with van der Waals surface area (Å²) in [6.07, 6.45) is 9.42. The number of amidine groups is 1. The zero-order valence-electron chi connectivity index (χ0n) is 9.87. The van der Waals surface area contributed by atoms with Gasteiger partial charge in [0.15, 0.2) is 5.17 Å². The third-order valence-electron chi connectivity index (χ3n) is 3.96. The molecule has 0 aromatic carbocycles. The van der Waals surface area contributed by atoms with Gasteiger partial charge in [-0.15, -0.1) is 0 Å². The van der Waals surface area contributed by atoms with Crippen molar-refractivity contribution in [2.75, 3.05) is 18.8 Å². The van der Waals surface area contributed by atoms with Crippen molar-refractivity contribution in [1.82, 2.24) is 10.4 Å². The highest BCUT2D eigenvalue weighted by atomic mass is 32.2. The molecule has 0 bridgehead atoms. The molecule has 0 aromatic heterocycles. The average molecular weight is 239 g/mol. The Morgan fingerprint density at radius 2 is 1.81 bits per heavy atom. The molecule has 1 aliphatic carbocycles. The number of aliphatic imine (C=N–C) groups is 1. The maximum Gasteiger partial charge on any atom is 0.171 e. The molecule has 3 rings (SSSR count). The van der Waals surface area contributed by atoms with E-state index in [-0.39, 0.29) is 0 Å². The van der Waals surface area contributed by atoms with Crippen molar-refractivity contribution in [2.24, 2.45) is 4.99 Å². The molecule has 3 nitrogen and oxygen atoms in total. The van der Waals surface area contributed by atoms with Gasteiger partial charge in [-0.25, -0.2) is 5.01 Å². The summed E-state index contributed by atoms with van der Waals surface area (Å²) in [5.74, 6) is 1.21. The fourth-order valence-corrected chi connectivity index (χ4v) is 4.18. The van der Waals surface area contributed by atoms with E-state index >= 15 is 0 Å². The summed E-state index contributed by atoms with van der Waals surface area (Å²) in [5.41, 5.74) is 3.84. The van der Waals surface area contributed by atoms with Crippen molar-refractivity contribution in [2.45, 2.75) is 50.5 Å². The van der Waals surface area contributed by atoms with Crippen LogP contribution in [0.15, 0.2) is 4.99 Å². The molecule has 0 aromatic rings. The molecule has 1 saturated heterocycles. The summed E-state index contributed by atoms with van der Waals surface area (Å²) >= 11 is 1.93. The molecule has 0 amide bonds. The van der Waals surface area contributed by atoms with E-state index in [0.717, 1.165) is 0 Å². The zero-order chi connectivity index (χ0) is 10.8. The van der Waals surface area contributed by atoms with Crippen LogP contribution < -0.4 is 5.43 Å². The molecule has 3 aliphatic rings. The van der Waals surface area contributed by atoms with Gasteiger partial charge in [0.05, 0.1) is 5.54 Å². The first kappa shape index (κ1) is 10.9. The van der Waals surface area contributed by atoms with Crippen molar-refractivity contribution < 1.29 is 0 Å². The monoisotopic (exact) mass is 239 g/mol. The Labute approximate surface area is 102 Å². The average Bonchev–Trinajstić information content (AvgIpc) is 2.92. The zero-order valence-corrected chi connectivity index (χ0v) is 10.7. The molecule has 2 heterocycles. The summed E-state index contributed by atoms with van der Waals surface area (Å²) in [7, 11) is 0. The first-order valence-electron chi connectivity index (χ1n) is 6.61. The van der Waals surface area contributed by atoms with Gasteiger partial charge in [-0.05, 0) is 25.7 Å². The first-order chi connectivity index (χ1) is 7.86. The second kappa shape index (κ2) is 4.57. The summed E-state index contributed by atoms with van der Waals surface area (Å²) in [6, 6.07) is 0. The lowest BCUT2D eigenvalue weighted by Crippen LogP contribution is -2.43. The molecule has 2 aliphatic heterocycles. The Kier molecular flexibility index (Phi) is 3.11. The highest BCUT2D eigenvalue weighted by Gasteiger charge is 2.38. The van der Waals surface area contributed by atoms with Gasteiger partial charge in [0.2, 0.25) is 0 Å². The molecule has 90 valence electrons. The van der Waals surface area contributed by atoms with Crippen LogP contribution in [0.4, 0.5) is 0 Å². The summed E-state index contributed by atoms with van der Waals surface area (Å²) in [6.45, 7) is 2.37. The predicted molar refractivity (Wildman–Crippen MR) is 69.7 cm³/mol. The Hall–Kier alpha value is -0.220. The molecule has 16 heavy (non-hydrogen) atoms. The van der Waals surface area contributed by atoms with Crippen LogP contribution in [-0.2, 0) is 0 Å². The quantitative estimate of drug-likeness (QED) is 0.761. The van der Waals surface area contributed by atoms with Gasteiger partial charge in [-0.2, -0.15) is 0 Å². The lowest BCUT2D eigenvalue weighted by molar-refractivity contribution is 0.196. The molecule has 2 fully saturated rings. The van der Waals surface area contributed by atoms with Crippen LogP contribution in [-0.4, -0.2) is 34.6 Å². The van der Waals surface area contributed by atoms with Gasteiger partial charge in [0.1, 0.15) is 0 Å². The van der Waals surface area contributed by atoms with Crippen molar-refractivity contribution in [3.8, 4) is 0 Å². The lowest BCUT2D eigenvalue weighted by atomic mass is 10.0. The SMILES string of the molecule is C1CCN(NC2=NC3(CCCC3)CS2)CC1. The maximum atomic E-state index is 4.94. The number of hydrogen-bond donors (Lipinski definition) is 1. The van der Waals surface area contributed by atoms with E-state index < -0.39 is 0 Å². The minimum atomic E-state index is 0.322. The number of nitrogens with one attached hydrogen (secondary N) is 1. The van der Waals surface area contributed by atoms with Gasteiger partial charge in [-0.1, -0.05) is 31.0 Å². The van der Waals surface area contributed by atoms with Crippen LogP contribution in [0.3, 0.4) is 0 Å². The van der Waals surface area contributed by atoms with E-state index in [4.69, 9.17) is 4.99 Å². The number of hydrazine groups is 1. The van der Waals surface area contributed by atoms with E-state index in [2.05, 4.69) is 10.4 Å². The fraction of sp³-hybridized carbons (Fsp3) is 0.917. The van der Waals surface area contributed by atoms with Gasteiger partial charge in [-0.3, -0.25) is 10.4 Å². The van der Waals surface area contributed by atoms with E-state index in [1.54, 1.807) is 0 Å². The molecule has 0 radical (unpaired) electrons. The molecular weight excluding hydrogens is 218 g/mol. The molecule has 1 spiro atoms. The van der Waals surface area contributed by atoms with Gasteiger partial charge < -0.3 is 0 Å². The molecular formula is C12H21N3S. The summed E-state index contributed by atoms with van der Waals surface area (Å²) in [4.78, 5) is 4.94. The molecule has 4 heteroatoms. The van der Waals surface area contributed by atoms with Gasteiger partial charge in [0, 0.05) is 18.8 Å². The summed E-state index contributed by atoms with van der Waals surface area (Å²) in [5, 5.41) is 3.53. The first-order valence-corrected chi connectivity index (χ1v) is 7.59. The van der Waals surface area contributed by atoms with Crippen LogP contribution in [0.2, 0.25) is 0 Å². The van der Waals surface area contributed by atoms with Gasteiger partial charge >= 0.3 is 0 Å². The Morgan fingerprint density at radius 1 is 1.06 bits per heavy atom. The molecule has 1 N–H and O–H groups in total. The van der Waals surface area contributed by atoms with E-state index in [1.807, 2.05) is 11.8 Å². The molecule has 1 saturated carbocycles. The van der Waals surface area contributed by atoms with Crippen LogP contribution in [0, 0.1) is 0 Å². The second-order valence-electron chi connectivity index (χ2n) is 5.30. The van der Waals surface area contributed by atoms with Crippen molar-refractivity contribution in [3.63, 3.8) is 0 Å². The Morgan fingerprint density at radius 3 is 2.56 bits per heavy atom. The lowest BCUT2D eigenvalue weighted by Gasteiger charge is -2.27. The van der Waals surface area contributed by atoms with Crippen LogP contribution in [0.25, 0.3) is 0 Å². The van der Waals surface area contributed by atoms with E-state index in [1.165, 1.54) is 69.0 Å². The van der Waals surface area contributed by atoms with Crippen molar-refractivity contribution in [3.05, 3.63) is 0 Å². The molecule has 0 atom stereocenters. The number of hydrogen-bond acceptors (Lipinski definition) is 4. The van der Waals surface area contributed by atoms with Crippen molar-refractivity contribution in [1.29, 1.82) is 0 Å². The minimum absolute atomic E-state index is 0.322. The van der Waals surface area contributed by atoms with Crippen molar-refractivity contribution >= 4 is 16.9 Å². The smallest absolute Gasteiger partial charge is 0.171 e. The fourth-order valence-electron chi connectivity index (χ4n) is 2.97. The van der Waals surface area contributed by atoms with Gasteiger partial charge in [0.25, 0.3) is 0 Å². The predicted octanol–water partition coefficient (Wildman–Crippen LogP) is 2.39. The Balaban J connectivity index is 1.59. The number of thioether (sulfide) groups is 1. The largest absolute Gasteiger partial charge is 0.298 e. The normalized spacial score (nSPS) is 29.6. The second-order valence-corrected chi connectivity index (χ2v) is 6.26. The van der Waals surface area contributed by atoms with E-state index in [0.29, 0.717) is 5.54 Å². The number of rotatable bonds is 1.